The highest BCUT2D eigenvalue weighted by molar-refractivity contribution is 7.89. The molecule has 0 saturated heterocycles. The molecule has 0 fully saturated rings. The highest BCUT2D eigenvalue weighted by Crippen LogP contribution is 2.30. The summed E-state index contributed by atoms with van der Waals surface area (Å²) in [6, 6.07) is 7.47. The van der Waals surface area contributed by atoms with Crippen LogP contribution in [0.15, 0.2) is 53.4 Å². The Labute approximate surface area is 159 Å². The molecular weight excluding hydrogens is 401 g/mol. The topological polar surface area (TPSA) is 105 Å². The molecule has 2 rings (SSSR count). The number of alkyl halides is 3. The number of methoxy groups -OCH3 is 1. The lowest BCUT2D eigenvalue weighted by molar-refractivity contribution is -0.137. The van der Waals surface area contributed by atoms with E-state index in [0.717, 1.165) is 12.1 Å². The molecule has 152 valence electrons. The number of amides is 1. The lowest BCUT2D eigenvalue weighted by Gasteiger charge is -2.17. The number of ether oxygens (including phenoxy) is 1. The zero-order chi connectivity index (χ0) is 20.9. The fraction of sp³-hybridized carbons (Fsp3) is 0.235. The van der Waals surface area contributed by atoms with Gasteiger partial charge in [-0.2, -0.15) is 17.9 Å². The Bertz CT molecular complexity index is 931. The molecule has 0 unspecified atom stereocenters. The van der Waals surface area contributed by atoms with Gasteiger partial charge >= 0.3 is 6.18 Å². The van der Waals surface area contributed by atoms with Gasteiger partial charge in [-0.1, -0.05) is 6.07 Å². The van der Waals surface area contributed by atoms with E-state index in [9.17, 15) is 31.5 Å². The molecular formula is C17H17F3N2O5S. The van der Waals surface area contributed by atoms with Crippen molar-refractivity contribution in [3.05, 3.63) is 54.1 Å². The first-order valence-corrected chi connectivity index (χ1v) is 9.30. The minimum atomic E-state index is -4.60. The van der Waals surface area contributed by atoms with Gasteiger partial charge < -0.3 is 15.2 Å². The standard InChI is InChI=1S/C17H17F3N2O5S/c1-27-13-5-7-14(8-6-13)28(25,26)22-15(10-23)16(24)21-12-4-2-3-11(9-12)17(18,19)20/h2-9,15,22-23H,10H2,1H3,(H,21,24)/t15-/m0/s1. The summed E-state index contributed by atoms with van der Waals surface area (Å²) in [7, 11) is -2.77. The van der Waals surface area contributed by atoms with Gasteiger partial charge in [-0.3, -0.25) is 4.79 Å². The van der Waals surface area contributed by atoms with Gasteiger partial charge in [0.1, 0.15) is 11.8 Å². The number of hydrogen-bond donors (Lipinski definition) is 3. The number of carbonyl (C=O) groups is 1. The monoisotopic (exact) mass is 418 g/mol. The summed E-state index contributed by atoms with van der Waals surface area (Å²) in [4.78, 5) is 12.0. The quantitative estimate of drug-likeness (QED) is 0.638. The van der Waals surface area contributed by atoms with Crippen LogP contribution in [0.5, 0.6) is 5.75 Å². The van der Waals surface area contributed by atoms with Crippen molar-refractivity contribution < 1.29 is 36.2 Å². The Balaban J connectivity index is 2.15. The van der Waals surface area contributed by atoms with Crippen molar-refractivity contribution in [2.75, 3.05) is 19.0 Å². The third kappa shape index (κ3) is 5.44. The number of rotatable bonds is 7. The summed E-state index contributed by atoms with van der Waals surface area (Å²) in [6.45, 7) is -0.903. The zero-order valence-electron chi connectivity index (χ0n) is 14.5. The Morgan fingerprint density at radius 3 is 2.36 bits per heavy atom. The second-order valence-corrected chi connectivity index (χ2v) is 7.31. The number of sulfonamides is 1. The minimum Gasteiger partial charge on any atom is -0.497 e. The molecule has 0 bridgehead atoms. The molecule has 7 nitrogen and oxygen atoms in total. The van der Waals surface area contributed by atoms with E-state index in [1.165, 1.54) is 37.4 Å². The van der Waals surface area contributed by atoms with Crippen LogP contribution < -0.4 is 14.8 Å². The predicted molar refractivity (Wildman–Crippen MR) is 94.3 cm³/mol. The average Bonchev–Trinajstić information content (AvgIpc) is 2.65. The van der Waals surface area contributed by atoms with E-state index < -0.39 is 40.3 Å². The van der Waals surface area contributed by atoms with Crippen molar-refractivity contribution in [1.82, 2.24) is 4.72 Å². The molecule has 3 N–H and O–H groups in total. The van der Waals surface area contributed by atoms with Gasteiger partial charge in [0.2, 0.25) is 15.9 Å². The van der Waals surface area contributed by atoms with Crippen LogP contribution >= 0.6 is 0 Å². The van der Waals surface area contributed by atoms with E-state index >= 15 is 0 Å². The number of halogens is 3. The van der Waals surface area contributed by atoms with Crippen molar-refractivity contribution in [2.45, 2.75) is 17.1 Å². The van der Waals surface area contributed by atoms with Crippen molar-refractivity contribution in [2.24, 2.45) is 0 Å². The lowest BCUT2D eigenvalue weighted by atomic mass is 10.2. The van der Waals surface area contributed by atoms with Gasteiger partial charge in [0, 0.05) is 5.69 Å². The number of hydrogen-bond acceptors (Lipinski definition) is 5. The van der Waals surface area contributed by atoms with E-state index in [1.54, 1.807) is 0 Å². The Morgan fingerprint density at radius 2 is 1.82 bits per heavy atom. The SMILES string of the molecule is COc1ccc(S(=O)(=O)N[C@@H](CO)C(=O)Nc2cccc(C(F)(F)F)c2)cc1. The van der Waals surface area contributed by atoms with Crippen LogP contribution in [0.2, 0.25) is 0 Å². The average molecular weight is 418 g/mol. The second-order valence-electron chi connectivity index (χ2n) is 5.60. The van der Waals surface area contributed by atoms with Crippen molar-refractivity contribution >= 4 is 21.6 Å². The number of benzene rings is 2. The Morgan fingerprint density at radius 1 is 1.18 bits per heavy atom. The van der Waals surface area contributed by atoms with Gasteiger partial charge in [-0.15, -0.1) is 0 Å². The van der Waals surface area contributed by atoms with Gasteiger partial charge in [-0.05, 0) is 42.5 Å². The summed E-state index contributed by atoms with van der Waals surface area (Å²) in [5, 5.41) is 11.5. The van der Waals surface area contributed by atoms with Gasteiger partial charge in [-0.25, -0.2) is 8.42 Å². The molecule has 0 aromatic heterocycles. The molecule has 0 saturated carbocycles. The largest absolute Gasteiger partial charge is 0.497 e. The molecule has 1 atom stereocenters. The molecule has 28 heavy (non-hydrogen) atoms. The van der Waals surface area contributed by atoms with E-state index in [0.29, 0.717) is 11.8 Å². The maximum Gasteiger partial charge on any atom is 0.416 e. The molecule has 11 heteroatoms. The molecule has 2 aromatic carbocycles. The third-order valence-corrected chi connectivity index (χ3v) is 5.11. The van der Waals surface area contributed by atoms with E-state index in [4.69, 9.17) is 4.74 Å². The Hall–Kier alpha value is -2.63. The van der Waals surface area contributed by atoms with Crippen LogP contribution in [0.3, 0.4) is 0 Å². The van der Waals surface area contributed by atoms with Crippen LogP contribution in [0.1, 0.15) is 5.56 Å². The summed E-state index contributed by atoms with van der Waals surface area (Å²) < 4.78 is 69.9. The number of carbonyl (C=O) groups excluding carboxylic acids is 1. The lowest BCUT2D eigenvalue weighted by Crippen LogP contribution is -2.46. The first-order valence-electron chi connectivity index (χ1n) is 7.82. The number of aliphatic hydroxyl groups excluding tert-OH is 1. The first kappa shape index (κ1) is 21.7. The number of aliphatic hydroxyl groups is 1. The summed E-state index contributed by atoms with van der Waals surface area (Å²) in [6.07, 6.45) is -4.60. The first-order chi connectivity index (χ1) is 13.1. The summed E-state index contributed by atoms with van der Waals surface area (Å²) in [5.41, 5.74) is -1.17. The zero-order valence-corrected chi connectivity index (χ0v) is 15.3. The molecule has 0 heterocycles. The second kappa shape index (κ2) is 8.59. The molecule has 0 aliphatic heterocycles. The molecule has 0 aliphatic rings. The van der Waals surface area contributed by atoms with E-state index in [2.05, 4.69) is 5.32 Å². The van der Waals surface area contributed by atoms with Crippen molar-refractivity contribution in [3.8, 4) is 5.75 Å². The van der Waals surface area contributed by atoms with Crippen LogP contribution in [-0.4, -0.2) is 39.2 Å². The van der Waals surface area contributed by atoms with Gasteiger partial charge in [0.05, 0.1) is 24.2 Å². The highest BCUT2D eigenvalue weighted by Gasteiger charge is 2.31. The highest BCUT2D eigenvalue weighted by atomic mass is 32.2. The fourth-order valence-electron chi connectivity index (χ4n) is 2.19. The fourth-order valence-corrected chi connectivity index (χ4v) is 3.37. The molecule has 0 spiro atoms. The third-order valence-electron chi connectivity index (χ3n) is 3.62. The van der Waals surface area contributed by atoms with E-state index in [1.807, 2.05) is 4.72 Å². The van der Waals surface area contributed by atoms with Crippen molar-refractivity contribution in [1.29, 1.82) is 0 Å². The van der Waals surface area contributed by atoms with Crippen molar-refractivity contribution in [3.63, 3.8) is 0 Å². The molecule has 1 amide bonds. The normalized spacial score (nSPS) is 13.0. The van der Waals surface area contributed by atoms with Crippen LogP contribution in [0.4, 0.5) is 18.9 Å². The molecule has 0 radical (unpaired) electrons. The summed E-state index contributed by atoms with van der Waals surface area (Å²) in [5.74, 6) is -0.598. The number of nitrogens with one attached hydrogen (secondary N) is 2. The summed E-state index contributed by atoms with van der Waals surface area (Å²) >= 11 is 0. The maximum absolute atomic E-state index is 12.7. The minimum absolute atomic E-state index is 0.182. The maximum atomic E-state index is 12.7. The van der Waals surface area contributed by atoms with Crippen LogP contribution in [0.25, 0.3) is 0 Å². The van der Waals surface area contributed by atoms with E-state index in [-0.39, 0.29) is 10.6 Å². The van der Waals surface area contributed by atoms with Gasteiger partial charge in [0.25, 0.3) is 0 Å². The number of anilines is 1. The van der Waals surface area contributed by atoms with Gasteiger partial charge in [0.15, 0.2) is 0 Å². The van der Waals surface area contributed by atoms with Crippen LogP contribution in [0, 0.1) is 0 Å². The molecule has 0 aliphatic carbocycles. The smallest absolute Gasteiger partial charge is 0.416 e. The van der Waals surface area contributed by atoms with Crippen LogP contribution in [-0.2, 0) is 21.0 Å². The predicted octanol–water partition coefficient (Wildman–Crippen LogP) is 1.99. The molecule has 2 aromatic rings. The Kier molecular flexibility index (Phi) is 6.65.